The van der Waals surface area contributed by atoms with Crippen molar-refractivity contribution in [3.05, 3.63) is 48.4 Å². The Morgan fingerprint density at radius 3 is 2.96 bits per heavy atom. The van der Waals surface area contributed by atoms with Crippen LogP contribution >= 0.6 is 0 Å². The normalized spacial score (nSPS) is 16.5. The second kappa shape index (κ2) is 7.88. The van der Waals surface area contributed by atoms with Gasteiger partial charge in [-0.15, -0.1) is 0 Å². The zero-order chi connectivity index (χ0) is 19.5. The van der Waals surface area contributed by atoms with Crippen LogP contribution in [0.15, 0.2) is 42.9 Å². The number of nitrogens with zero attached hydrogens (tertiary/aromatic N) is 4. The first-order valence-electron chi connectivity index (χ1n) is 9.59. The van der Waals surface area contributed by atoms with E-state index in [1.807, 2.05) is 42.2 Å². The number of hydrogen-bond donors (Lipinski definition) is 1. The summed E-state index contributed by atoms with van der Waals surface area (Å²) in [5.41, 5.74) is 2.30. The maximum Gasteiger partial charge on any atom is 0.257 e. The molecule has 7 heteroatoms. The summed E-state index contributed by atoms with van der Waals surface area (Å²) in [6, 6.07) is 8.18. The number of ether oxygens (including phenoxy) is 1. The molecule has 7 nitrogen and oxygen atoms in total. The molecule has 3 heterocycles. The van der Waals surface area contributed by atoms with E-state index in [1.165, 1.54) is 10.9 Å². The molecule has 0 radical (unpaired) electrons. The van der Waals surface area contributed by atoms with Crippen LogP contribution in [-0.4, -0.2) is 59.0 Å². The standard InChI is InChI=1S/C21H25N5O2/c1-25(2)20-21(23-11-10-22-20)28-16-9-12-26(14-16)19(27)8-7-15-13-24-18-6-4-3-5-17(15)18/h3-6,10-11,13,16,24H,7-9,12,14H2,1-2H3. The van der Waals surface area contributed by atoms with E-state index < -0.39 is 0 Å². The van der Waals surface area contributed by atoms with E-state index in [1.54, 1.807) is 12.4 Å². The third-order valence-corrected chi connectivity index (χ3v) is 5.13. The minimum atomic E-state index is -0.0487. The Balaban J connectivity index is 1.33. The number of likely N-dealkylation sites (tertiary alicyclic amines) is 1. The highest BCUT2D eigenvalue weighted by molar-refractivity contribution is 5.84. The molecule has 1 N–H and O–H groups in total. The van der Waals surface area contributed by atoms with Gasteiger partial charge in [-0.2, -0.15) is 0 Å². The number of aryl methyl sites for hydroxylation is 1. The maximum absolute atomic E-state index is 12.7. The molecule has 4 rings (SSSR count). The lowest BCUT2D eigenvalue weighted by molar-refractivity contribution is -0.130. The molecular formula is C21H25N5O2. The lowest BCUT2D eigenvalue weighted by atomic mass is 10.1. The highest BCUT2D eigenvalue weighted by Crippen LogP contribution is 2.25. The van der Waals surface area contributed by atoms with Crippen LogP contribution in [0.25, 0.3) is 10.9 Å². The topological polar surface area (TPSA) is 74.3 Å². The van der Waals surface area contributed by atoms with Gasteiger partial charge in [-0.05, 0) is 18.1 Å². The van der Waals surface area contributed by atoms with Crippen molar-refractivity contribution in [1.29, 1.82) is 0 Å². The van der Waals surface area contributed by atoms with Crippen LogP contribution in [0.2, 0.25) is 0 Å². The number of hydrogen-bond acceptors (Lipinski definition) is 5. The third kappa shape index (κ3) is 3.78. The first kappa shape index (κ1) is 18.3. The number of benzene rings is 1. The molecule has 0 saturated carbocycles. The van der Waals surface area contributed by atoms with Gasteiger partial charge in [0, 0.05) is 63.0 Å². The molecule has 1 amide bonds. The third-order valence-electron chi connectivity index (χ3n) is 5.13. The van der Waals surface area contributed by atoms with Crippen LogP contribution in [0, 0.1) is 0 Å². The smallest absolute Gasteiger partial charge is 0.257 e. The molecule has 1 atom stereocenters. The van der Waals surface area contributed by atoms with Gasteiger partial charge in [0.25, 0.3) is 5.88 Å². The predicted octanol–water partition coefficient (Wildman–Crippen LogP) is 2.64. The Kier molecular flexibility index (Phi) is 5.14. The Hall–Kier alpha value is -3.09. The maximum atomic E-state index is 12.7. The van der Waals surface area contributed by atoms with Crippen LogP contribution in [0.4, 0.5) is 5.82 Å². The van der Waals surface area contributed by atoms with Gasteiger partial charge in [0.05, 0.1) is 6.54 Å². The number of nitrogens with one attached hydrogen (secondary N) is 1. The fraction of sp³-hybridized carbons (Fsp3) is 0.381. The number of fused-ring (bicyclic) bond motifs is 1. The van der Waals surface area contributed by atoms with Crippen molar-refractivity contribution in [3.63, 3.8) is 0 Å². The first-order chi connectivity index (χ1) is 13.6. The summed E-state index contributed by atoms with van der Waals surface area (Å²) >= 11 is 0. The van der Waals surface area contributed by atoms with E-state index >= 15 is 0 Å². The molecule has 2 aromatic heterocycles. The number of H-pyrrole nitrogens is 1. The van der Waals surface area contributed by atoms with Crippen LogP contribution in [-0.2, 0) is 11.2 Å². The van der Waals surface area contributed by atoms with E-state index in [4.69, 9.17) is 4.74 Å². The number of aromatic amines is 1. The summed E-state index contributed by atoms with van der Waals surface area (Å²) in [5.74, 6) is 1.39. The van der Waals surface area contributed by atoms with Crippen LogP contribution in [0.3, 0.4) is 0 Å². The molecule has 28 heavy (non-hydrogen) atoms. The second-order valence-corrected chi connectivity index (χ2v) is 7.31. The molecule has 1 aliphatic heterocycles. The summed E-state index contributed by atoms with van der Waals surface area (Å²) < 4.78 is 6.04. The van der Waals surface area contributed by atoms with E-state index in [-0.39, 0.29) is 12.0 Å². The van der Waals surface area contributed by atoms with Crippen molar-refractivity contribution in [2.75, 3.05) is 32.1 Å². The number of carbonyl (C=O) groups excluding carboxylic acids is 1. The minimum Gasteiger partial charge on any atom is -0.470 e. The monoisotopic (exact) mass is 379 g/mol. The molecule has 0 bridgehead atoms. The molecule has 0 spiro atoms. The SMILES string of the molecule is CN(C)c1nccnc1OC1CCN(C(=O)CCc2c[nH]c3ccccc23)C1. The Morgan fingerprint density at radius 1 is 1.29 bits per heavy atom. The summed E-state index contributed by atoms with van der Waals surface area (Å²) in [6.45, 7) is 1.31. The average molecular weight is 379 g/mol. The Labute approximate surface area is 164 Å². The van der Waals surface area contributed by atoms with Gasteiger partial charge in [0.15, 0.2) is 5.82 Å². The average Bonchev–Trinajstić information content (AvgIpc) is 3.33. The fourth-order valence-corrected chi connectivity index (χ4v) is 3.65. The molecule has 3 aromatic rings. The molecule has 1 aromatic carbocycles. The fourth-order valence-electron chi connectivity index (χ4n) is 3.65. The van der Waals surface area contributed by atoms with Gasteiger partial charge in [0.1, 0.15) is 6.10 Å². The highest BCUT2D eigenvalue weighted by Gasteiger charge is 2.28. The van der Waals surface area contributed by atoms with Gasteiger partial charge >= 0.3 is 0 Å². The van der Waals surface area contributed by atoms with Gasteiger partial charge in [-0.25, -0.2) is 9.97 Å². The van der Waals surface area contributed by atoms with Crippen molar-refractivity contribution in [3.8, 4) is 5.88 Å². The van der Waals surface area contributed by atoms with Crippen molar-refractivity contribution in [2.45, 2.75) is 25.4 Å². The summed E-state index contributed by atoms with van der Waals surface area (Å²) in [6.07, 6.45) is 7.28. The number of anilines is 1. The first-order valence-corrected chi connectivity index (χ1v) is 9.59. The van der Waals surface area contributed by atoms with Crippen LogP contribution in [0.1, 0.15) is 18.4 Å². The highest BCUT2D eigenvalue weighted by atomic mass is 16.5. The van der Waals surface area contributed by atoms with E-state index in [0.717, 1.165) is 24.9 Å². The van der Waals surface area contributed by atoms with Crippen molar-refractivity contribution < 1.29 is 9.53 Å². The van der Waals surface area contributed by atoms with Gasteiger partial charge in [0.2, 0.25) is 5.91 Å². The predicted molar refractivity (Wildman–Crippen MR) is 109 cm³/mol. The van der Waals surface area contributed by atoms with E-state index in [0.29, 0.717) is 24.7 Å². The molecule has 1 fully saturated rings. The molecule has 1 aliphatic rings. The lowest BCUT2D eigenvalue weighted by Gasteiger charge is -2.19. The largest absolute Gasteiger partial charge is 0.470 e. The van der Waals surface area contributed by atoms with Crippen molar-refractivity contribution in [2.24, 2.45) is 0 Å². The molecular weight excluding hydrogens is 354 g/mol. The minimum absolute atomic E-state index is 0.0487. The number of aromatic nitrogens is 3. The number of amides is 1. The van der Waals surface area contributed by atoms with E-state index in [9.17, 15) is 4.79 Å². The molecule has 0 aliphatic carbocycles. The van der Waals surface area contributed by atoms with Crippen molar-refractivity contribution in [1.82, 2.24) is 19.9 Å². The van der Waals surface area contributed by atoms with Gasteiger partial charge in [-0.1, -0.05) is 18.2 Å². The van der Waals surface area contributed by atoms with E-state index in [2.05, 4.69) is 27.1 Å². The zero-order valence-electron chi connectivity index (χ0n) is 16.3. The van der Waals surface area contributed by atoms with Gasteiger partial charge in [-0.3, -0.25) is 4.79 Å². The van der Waals surface area contributed by atoms with Crippen LogP contribution < -0.4 is 9.64 Å². The summed E-state index contributed by atoms with van der Waals surface area (Å²) in [5, 5.41) is 1.19. The van der Waals surface area contributed by atoms with Crippen molar-refractivity contribution >= 4 is 22.6 Å². The number of rotatable bonds is 6. The lowest BCUT2D eigenvalue weighted by Crippen LogP contribution is -2.31. The number of para-hydroxylation sites is 1. The van der Waals surface area contributed by atoms with Gasteiger partial charge < -0.3 is 19.5 Å². The molecule has 1 saturated heterocycles. The van der Waals surface area contributed by atoms with Crippen LogP contribution in [0.5, 0.6) is 5.88 Å². The Bertz CT molecular complexity index is 968. The Morgan fingerprint density at radius 2 is 2.11 bits per heavy atom. The summed E-state index contributed by atoms with van der Waals surface area (Å²) in [4.78, 5) is 28.3. The second-order valence-electron chi connectivity index (χ2n) is 7.31. The molecule has 1 unspecified atom stereocenters. The quantitative estimate of drug-likeness (QED) is 0.713. The zero-order valence-corrected chi connectivity index (χ0v) is 16.3. The number of carbonyl (C=O) groups is 1. The summed E-state index contributed by atoms with van der Waals surface area (Å²) in [7, 11) is 3.82. The molecule has 146 valence electrons.